The van der Waals surface area contributed by atoms with Crippen LogP contribution in [0.5, 0.6) is 0 Å². The van der Waals surface area contributed by atoms with Gasteiger partial charge in [-0.05, 0) is 77.0 Å². The third-order valence-corrected chi connectivity index (χ3v) is 9.88. The van der Waals surface area contributed by atoms with E-state index in [1.54, 1.807) is 6.08 Å². The molecular weight excluding hydrogens is 647 g/mol. The lowest BCUT2D eigenvalue weighted by molar-refractivity contribution is -0.143. The molecule has 2 unspecified atom stereocenters. The molecule has 1 amide bonds. The summed E-state index contributed by atoms with van der Waals surface area (Å²) >= 11 is 0. The fraction of sp³-hybridized carbons (Fsp3) is 0.826. The maximum Gasteiger partial charge on any atom is 0.305 e. The van der Waals surface area contributed by atoms with Crippen molar-refractivity contribution < 1.29 is 24.5 Å². The number of ether oxygens (including phenoxy) is 1. The third-order valence-electron chi connectivity index (χ3n) is 9.88. The Morgan fingerprint density at radius 1 is 0.519 bits per heavy atom. The number of nitrogens with one attached hydrogen (secondary N) is 1. The molecule has 304 valence electrons. The van der Waals surface area contributed by atoms with Gasteiger partial charge in [0.15, 0.2) is 0 Å². The number of carbonyl (C=O) groups is 2. The van der Waals surface area contributed by atoms with Crippen LogP contribution in [0.25, 0.3) is 0 Å². The van der Waals surface area contributed by atoms with Crippen molar-refractivity contribution in [1.82, 2.24) is 5.32 Å². The SMILES string of the molecule is CCCC/C=C\CCCCCCCC(=O)OCCCC/C=C\CCCCCCCC(=O)NC(CO)C(O)/C=C/CCCCCCCCCCCCC. The molecule has 6 nitrogen and oxygen atoms in total. The lowest BCUT2D eigenvalue weighted by Crippen LogP contribution is -2.45. The number of amides is 1. The summed E-state index contributed by atoms with van der Waals surface area (Å²) in [5, 5.41) is 22.9. The standard InChI is InChI=1S/C46H85NO5/c1-3-5-7-9-11-13-15-16-19-22-26-30-34-38-44(49)43(42-48)47-45(50)39-35-31-27-23-20-17-21-25-29-33-37-41-52-46(51)40-36-32-28-24-18-14-12-10-8-6-4-2/h10,12,21,25,34,38,43-44,48-49H,3-9,11,13-20,22-24,26-33,35-37,39-42H2,1-2H3,(H,47,50)/b12-10-,25-21-,38-34+. The average Bonchev–Trinajstić information content (AvgIpc) is 3.14. The summed E-state index contributed by atoms with van der Waals surface area (Å²) in [7, 11) is 0. The maximum absolute atomic E-state index is 12.4. The fourth-order valence-corrected chi connectivity index (χ4v) is 6.37. The van der Waals surface area contributed by atoms with Crippen LogP contribution in [-0.4, -0.2) is 47.4 Å². The molecule has 0 rings (SSSR count). The Kier molecular flexibility index (Phi) is 40.3. The van der Waals surface area contributed by atoms with Gasteiger partial charge in [-0.25, -0.2) is 0 Å². The number of hydrogen-bond acceptors (Lipinski definition) is 5. The second-order valence-corrected chi connectivity index (χ2v) is 15.0. The second-order valence-electron chi connectivity index (χ2n) is 15.0. The molecule has 0 aromatic rings. The van der Waals surface area contributed by atoms with E-state index < -0.39 is 12.1 Å². The molecule has 0 heterocycles. The van der Waals surface area contributed by atoms with Crippen LogP contribution in [0.3, 0.4) is 0 Å². The van der Waals surface area contributed by atoms with Crippen molar-refractivity contribution in [2.45, 2.75) is 231 Å². The van der Waals surface area contributed by atoms with E-state index in [-0.39, 0.29) is 18.5 Å². The molecule has 0 aliphatic heterocycles. The first kappa shape index (κ1) is 50.1. The Balaban J connectivity index is 3.60. The number of aliphatic hydroxyl groups excluding tert-OH is 2. The molecule has 0 aliphatic carbocycles. The van der Waals surface area contributed by atoms with Crippen molar-refractivity contribution in [2.24, 2.45) is 0 Å². The predicted molar refractivity (Wildman–Crippen MR) is 222 cm³/mol. The van der Waals surface area contributed by atoms with E-state index in [4.69, 9.17) is 4.74 Å². The van der Waals surface area contributed by atoms with Crippen LogP contribution in [0, 0.1) is 0 Å². The number of allylic oxidation sites excluding steroid dienone is 5. The van der Waals surface area contributed by atoms with Gasteiger partial charge in [0, 0.05) is 12.8 Å². The summed E-state index contributed by atoms with van der Waals surface area (Å²) in [6, 6.07) is -0.648. The smallest absolute Gasteiger partial charge is 0.305 e. The van der Waals surface area contributed by atoms with Gasteiger partial charge in [0.25, 0.3) is 0 Å². The fourth-order valence-electron chi connectivity index (χ4n) is 6.37. The molecule has 0 aromatic heterocycles. The topological polar surface area (TPSA) is 95.9 Å². The molecule has 6 heteroatoms. The number of aliphatic hydroxyl groups is 2. The lowest BCUT2D eigenvalue weighted by Gasteiger charge is -2.20. The van der Waals surface area contributed by atoms with E-state index in [1.807, 2.05) is 6.08 Å². The van der Waals surface area contributed by atoms with Crippen molar-refractivity contribution in [3.05, 3.63) is 36.5 Å². The number of hydrogen-bond donors (Lipinski definition) is 3. The summed E-state index contributed by atoms with van der Waals surface area (Å²) in [5.41, 5.74) is 0. The number of esters is 1. The molecule has 0 saturated carbocycles. The maximum atomic E-state index is 12.4. The van der Waals surface area contributed by atoms with Crippen LogP contribution < -0.4 is 5.32 Å². The lowest BCUT2D eigenvalue weighted by atomic mass is 10.0. The Morgan fingerprint density at radius 2 is 0.923 bits per heavy atom. The monoisotopic (exact) mass is 732 g/mol. The first-order chi connectivity index (χ1) is 25.5. The van der Waals surface area contributed by atoms with Gasteiger partial charge < -0.3 is 20.3 Å². The highest BCUT2D eigenvalue weighted by molar-refractivity contribution is 5.76. The summed E-state index contributed by atoms with van der Waals surface area (Å²) < 4.78 is 5.40. The van der Waals surface area contributed by atoms with Crippen molar-refractivity contribution in [3.63, 3.8) is 0 Å². The Bertz CT molecular complexity index is 854. The van der Waals surface area contributed by atoms with E-state index >= 15 is 0 Å². The highest BCUT2D eigenvalue weighted by Gasteiger charge is 2.18. The van der Waals surface area contributed by atoms with Crippen LogP contribution in [0.4, 0.5) is 0 Å². The van der Waals surface area contributed by atoms with Crippen LogP contribution in [0.15, 0.2) is 36.5 Å². The molecule has 2 atom stereocenters. The molecule has 0 fully saturated rings. The van der Waals surface area contributed by atoms with Crippen molar-refractivity contribution in [3.8, 4) is 0 Å². The highest BCUT2D eigenvalue weighted by Crippen LogP contribution is 2.13. The second kappa shape index (κ2) is 41.8. The number of unbranched alkanes of at least 4 members (excludes halogenated alkanes) is 25. The molecule has 0 saturated heterocycles. The molecule has 3 N–H and O–H groups in total. The van der Waals surface area contributed by atoms with Crippen LogP contribution in [0.1, 0.15) is 219 Å². The van der Waals surface area contributed by atoms with Crippen molar-refractivity contribution in [1.29, 1.82) is 0 Å². The van der Waals surface area contributed by atoms with Crippen LogP contribution in [-0.2, 0) is 14.3 Å². The van der Waals surface area contributed by atoms with Gasteiger partial charge in [0.05, 0.1) is 25.4 Å². The molecule has 0 aromatic carbocycles. The summed E-state index contributed by atoms with van der Waals surface area (Å²) in [4.78, 5) is 24.3. The van der Waals surface area contributed by atoms with Gasteiger partial charge in [-0.15, -0.1) is 0 Å². The largest absolute Gasteiger partial charge is 0.466 e. The molecule has 0 radical (unpaired) electrons. The van der Waals surface area contributed by atoms with Crippen molar-refractivity contribution >= 4 is 11.9 Å². The minimum absolute atomic E-state index is 0.0454. The van der Waals surface area contributed by atoms with Gasteiger partial charge >= 0.3 is 5.97 Å². The molecular formula is C46H85NO5. The molecule has 52 heavy (non-hydrogen) atoms. The minimum atomic E-state index is -0.861. The summed E-state index contributed by atoms with van der Waals surface area (Å²) in [6.07, 6.45) is 48.4. The van der Waals surface area contributed by atoms with E-state index in [0.29, 0.717) is 19.4 Å². The van der Waals surface area contributed by atoms with Gasteiger partial charge in [-0.3, -0.25) is 9.59 Å². The zero-order valence-electron chi connectivity index (χ0n) is 34.3. The normalized spacial score (nSPS) is 13.1. The zero-order valence-corrected chi connectivity index (χ0v) is 34.3. The van der Waals surface area contributed by atoms with Crippen LogP contribution >= 0.6 is 0 Å². The Hall–Kier alpha value is -1.92. The van der Waals surface area contributed by atoms with Gasteiger partial charge in [-0.1, -0.05) is 166 Å². The Labute approximate surface area is 322 Å². The van der Waals surface area contributed by atoms with Gasteiger partial charge in [0.1, 0.15) is 0 Å². The van der Waals surface area contributed by atoms with E-state index in [9.17, 15) is 19.8 Å². The molecule has 0 bridgehead atoms. The number of rotatable bonds is 40. The van der Waals surface area contributed by atoms with E-state index in [1.165, 1.54) is 109 Å². The van der Waals surface area contributed by atoms with Crippen LogP contribution in [0.2, 0.25) is 0 Å². The average molecular weight is 732 g/mol. The zero-order chi connectivity index (χ0) is 38.0. The van der Waals surface area contributed by atoms with E-state index in [2.05, 4.69) is 43.5 Å². The molecule has 0 spiro atoms. The summed E-state index contributed by atoms with van der Waals surface area (Å²) in [6.45, 7) is 4.76. The summed E-state index contributed by atoms with van der Waals surface area (Å²) in [5.74, 6) is -0.145. The first-order valence-electron chi connectivity index (χ1n) is 22.3. The predicted octanol–water partition coefficient (Wildman–Crippen LogP) is 12.6. The van der Waals surface area contributed by atoms with E-state index in [0.717, 1.165) is 83.5 Å². The minimum Gasteiger partial charge on any atom is -0.466 e. The van der Waals surface area contributed by atoms with Gasteiger partial charge in [0.2, 0.25) is 5.91 Å². The quantitative estimate of drug-likeness (QED) is 0.0331. The molecule has 0 aliphatic rings. The number of carbonyl (C=O) groups excluding carboxylic acids is 2. The Morgan fingerprint density at radius 3 is 1.42 bits per heavy atom. The van der Waals surface area contributed by atoms with Gasteiger partial charge in [-0.2, -0.15) is 0 Å². The first-order valence-corrected chi connectivity index (χ1v) is 22.3. The third kappa shape index (κ3) is 37.8. The van der Waals surface area contributed by atoms with Crippen molar-refractivity contribution in [2.75, 3.05) is 13.2 Å². The highest BCUT2D eigenvalue weighted by atomic mass is 16.5.